The third-order valence-electron chi connectivity index (χ3n) is 20.3. The molecule has 11 unspecified atom stereocenters. The van der Waals surface area contributed by atoms with Crippen molar-refractivity contribution in [3.8, 4) is 11.1 Å². The van der Waals surface area contributed by atoms with Crippen LogP contribution in [0.2, 0.25) is 0 Å². The van der Waals surface area contributed by atoms with E-state index in [0.717, 1.165) is 50.9 Å². The Morgan fingerprint density at radius 1 is 0.620 bits per heavy atom. The highest BCUT2D eigenvalue weighted by Crippen LogP contribution is 2.70. The van der Waals surface area contributed by atoms with Gasteiger partial charge in [-0.2, -0.15) is 0 Å². The summed E-state index contributed by atoms with van der Waals surface area (Å²) >= 11 is 0. The quantitative estimate of drug-likeness (QED) is 0.142. The number of anilines is 3. The molecular formula is C75H68N2O2. The highest BCUT2D eigenvalue weighted by Gasteiger charge is 2.68. The van der Waals surface area contributed by atoms with Crippen LogP contribution < -0.4 is 4.90 Å². The van der Waals surface area contributed by atoms with E-state index in [2.05, 4.69) is 253 Å². The van der Waals surface area contributed by atoms with E-state index in [1.165, 1.54) is 90.2 Å². The number of aryl methyl sites for hydroxylation is 3. The lowest BCUT2D eigenvalue weighted by atomic mass is 9.62. The Morgan fingerprint density at radius 3 is 2.24 bits per heavy atom. The maximum atomic E-state index is 7.66. The maximum Gasteiger partial charge on any atom is 0.159 e. The fourth-order valence-corrected chi connectivity index (χ4v) is 16.2. The van der Waals surface area contributed by atoms with Crippen molar-refractivity contribution in [2.24, 2.45) is 40.9 Å². The van der Waals surface area contributed by atoms with Gasteiger partial charge in [0.1, 0.15) is 22.5 Å². The SMILES string of the molecule is CC1=CC2(C)CC2C(N(C2C=CC3C=Cc4c(N(c5cc(C)cc(C)c5)c5cccc6c5oc5c(-c7ccccc7C)cccc56)ccc5c4C3C2C=C5)C23CC2C=Cc2c3oc3c(C4C=C(C)C(C)C=CC4C)cccc23)=C1. The van der Waals surface area contributed by atoms with Crippen LogP contribution in [0.5, 0.6) is 0 Å². The monoisotopic (exact) mass is 1030 g/mol. The predicted octanol–water partition coefficient (Wildman–Crippen LogP) is 19.7. The molecule has 0 bridgehead atoms. The first kappa shape index (κ1) is 47.2. The van der Waals surface area contributed by atoms with Gasteiger partial charge >= 0.3 is 0 Å². The number of furan rings is 2. The Labute approximate surface area is 465 Å². The van der Waals surface area contributed by atoms with Crippen molar-refractivity contribution >= 4 is 68.2 Å². The molecule has 11 atom stereocenters. The topological polar surface area (TPSA) is 32.8 Å². The van der Waals surface area contributed by atoms with Crippen LogP contribution >= 0.6 is 0 Å². The number of para-hydroxylation sites is 3. The van der Waals surface area contributed by atoms with Crippen molar-refractivity contribution in [2.45, 2.75) is 91.6 Å². The van der Waals surface area contributed by atoms with Gasteiger partial charge in [0.05, 0.1) is 17.4 Å². The Morgan fingerprint density at radius 2 is 1.39 bits per heavy atom. The van der Waals surface area contributed by atoms with Crippen molar-refractivity contribution in [3.05, 3.63) is 237 Å². The Hall–Kier alpha value is -7.82. The lowest BCUT2D eigenvalue weighted by Gasteiger charge is -2.51. The van der Waals surface area contributed by atoms with Crippen molar-refractivity contribution in [1.29, 1.82) is 0 Å². The van der Waals surface area contributed by atoms with Crippen LogP contribution in [0.1, 0.15) is 110 Å². The second-order valence-electron chi connectivity index (χ2n) is 25.4. The standard InChI is InChI=1S/C75H68N2O2/c1-42-34-43(2)36-52(35-42)76(66-21-13-20-56-55-17-11-16-54(70(55)78-72(56)66)53-15-10-9-14-46(53)5)64-32-26-49-25-30-61-65(33-27-50-24-29-60(64)68(49)69(50)61)77(67-37-44(3)39-74(8)41-63(67)74)75-40-51(75)28-31-59-57-18-12-19-58(71(57)79-73(59)75)62-38-48(7)45(4)22-23-47(62)6/h9-39,45,47,50-51,61-63,65,69H,40-41H2,1-8H3. The minimum absolute atomic E-state index is 0.106. The zero-order valence-corrected chi connectivity index (χ0v) is 46.7. The summed E-state index contributed by atoms with van der Waals surface area (Å²) in [6.07, 6.45) is 34.9. The minimum atomic E-state index is -0.308. The molecule has 390 valence electrons. The first-order valence-electron chi connectivity index (χ1n) is 29.3. The molecule has 4 heteroatoms. The van der Waals surface area contributed by atoms with Crippen LogP contribution in [0.15, 0.2) is 196 Å². The maximum absolute atomic E-state index is 7.66. The molecule has 8 aromatic rings. The molecule has 79 heavy (non-hydrogen) atoms. The zero-order valence-electron chi connectivity index (χ0n) is 46.7. The first-order valence-corrected chi connectivity index (χ1v) is 29.3. The summed E-state index contributed by atoms with van der Waals surface area (Å²) in [6, 6.07) is 40.8. The minimum Gasteiger partial charge on any atom is -0.458 e. The van der Waals surface area contributed by atoms with Crippen molar-refractivity contribution in [2.75, 3.05) is 4.90 Å². The van der Waals surface area contributed by atoms with Gasteiger partial charge in [-0.3, -0.25) is 0 Å². The number of nitrogens with zero attached hydrogens (tertiary/aromatic N) is 2. The van der Waals surface area contributed by atoms with Gasteiger partial charge in [-0.1, -0.05) is 190 Å². The third-order valence-corrected chi connectivity index (χ3v) is 20.3. The summed E-state index contributed by atoms with van der Waals surface area (Å²) in [5.41, 5.74) is 23.0. The molecule has 2 aromatic heterocycles. The fraction of sp³-hybridized carbons (Fsp3) is 0.280. The molecule has 0 amide bonds. The number of benzene rings is 6. The summed E-state index contributed by atoms with van der Waals surface area (Å²) < 4.78 is 14.9. The molecule has 0 saturated heterocycles. The smallest absolute Gasteiger partial charge is 0.159 e. The van der Waals surface area contributed by atoms with Crippen LogP contribution in [-0.2, 0) is 5.54 Å². The Bertz CT molecular complexity index is 4210. The summed E-state index contributed by atoms with van der Waals surface area (Å²) in [4.78, 5) is 5.48. The van der Waals surface area contributed by atoms with Gasteiger partial charge in [0, 0.05) is 85.3 Å². The van der Waals surface area contributed by atoms with E-state index in [9.17, 15) is 0 Å². The molecule has 2 saturated carbocycles. The number of rotatable bonds is 8. The molecule has 16 rings (SSSR count). The van der Waals surface area contributed by atoms with E-state index < -0.39 is 0 Å². The van der Waals surface area contributed by atoms with Gasteiger partial charge in [0.25, 0.3) is 0 Å². The highest BCUT2D eigenvalue weighted by molar-refractivity contribution is 6.14. The molecule has 0 radical (unpaired) electrons. The highest BCUT2D eigenvalue weighted by atomic mass is 16.3. The number of fused-ring (bicyclic) bond motifs is 9. The second-order valence-corrected chi connectivity index (χ2v) is 25.4. The van der Waals surface area contributed by atoms with E-state index in [0.29, 0.717) is 23.7 Å². The molecule has 8 aliphatic carbocycles. The molecule has 4 nitrogen and oxygen atoms in total. The van der Waals surface area contributed by atoms with Crippen LogP contribution in [0.25, 0.3) is 62.3 Å². The van der Waals surface area contributed by atoms with Gasteiger partial charge in [-0.05, 0) is 128 Å². The largest absolute Gasteiger partial charge is 0.458 e. The van der Waals surface area contributed by atoms with Gasteiger partial charge in [0.15, 0.2) is 5.58 Å². The number of allylic oxidation sites excluding steroid dienone is 10. The fourth-order valence-electron chi connectivity index (χ4n) is 16.2. The summed E-state index contributed by atoms with van der Waals surface area (Å²) in [5, 5.41) is 3.50. The van der Waals surface area contributed by atoms with E-state index in [1.54, 1.807) is 0 Å². The molecule has 6 aromatic carbocycles. The van der Waals surface area contributed by atoms with E-state index in [1.807, 2.05) is 0 Å². The van der Waals surface area contributed by atoms with Crippen LogP contribution in [-0.4, -0.2) is 10.9 Å². The molecule has 2 fully saturated rings. The molecule has 8 aliphatic rings. The summed E-state index contributed by atoms with van der Waals surface area (Å²) in [7, 11) is 0. The average molecular weight is 1030 g/mol. The second kappa shape index (κ2) is 16.9. The Kier molecular flexibility index (Phi) is 10.1. The lowest BCUT2D eigenvalue weighted by Crippen LogP contribution is -2.51. The molecular weight excluding hydrogens is 961 g/mol. The average Bonchev–Trinajstić information content (AvgIpc) is 4.45. The number of hydrogen-bond donors (Lipinski definition) is 0. The van der Waals surface area contributed by atoms with Crippen LogP contribution in [0.3, 0.4) is 0 Å². The van der Waals surface area contributed by atoms with Crippen molar-refractivity contribution < 1.29 is 8.83 Å². The normalized spacial score (nSPS) is 29.1. The van der Waals surface area contributed by atoms with Gasteiger partial charge < -0.3 is 18.6 Å². The van der Waals surface area contributed by atoms with Crippen LogP contribution in [0, 0.1) is 61.7 Å². The lowest BCUT2D eigenvalue weighted by molar-refractivity contribution is 0.107. The molecule has 2 heterocycles. The van der Waals surface area contributed by atoms with Gasteiger partial charge in [-0.25, -0.2) is 0 Å². The van der Waals surface area contributed by atoms with Gasteiger partial charge in [0.2, 0.25) is 0 Å². The van der Waals surface area contributed by atoms with Crippen LogP contribution in [0.4, 0.5) is 17.1 Å². The van der Waals surface area contributed by atoms with E-state index in [-0.39, 0.29) is 40.7 Å². The number of hydrogen-bond acceptors (Lipinski definition) is 4. The summed E-state index contributed by atoms with van der Waals surface area (Å²) in [6.45, 7) is 18.5. The van der Waals surface area contributed by atoms with Crippen molar-refractivity contribution in [3.63, 3.8) is 0 Å². The first-order chi connectivity index (χ1) is 38.4. The molecule has 0 aliphatic heterocycles. The molecule has 0 spiro atoms. The third kappa shape index (κ3) is 6.85. The van der Waals surface area contributed by atoms with Gasteiger partial charge in [-0.15, -0.1) is 0 Å². The zero-order chi connectivity index (χ0) is 53.4. The predicted molar refractivity (Wildman–Crippen MR) is 328 cm³/mol. The Balaban J connectivity index is 0.858. The van der Waals surface area contributed by atoms with E-state index in [4.69, 9.17) is 8.83 Å². The van der Waals surface area contributed by atoms with E-state index >= 15 is 0 Å². The summed E-state index contributed by atoms with van der Waals surface area (Å²) in [5.74, 6) is 3.72. The molecule has 0 N–H and O–H groups in total. The van der Waals surface area contributed by atoms with Crippen molar-refractivity contribution in [1.82, 2.24) is 4.90 Å².